The Morgan fingerprint density at radius 2 is 2.20 bits per heavy atom. The van der Waals surface area contributed by atoms with Gasteiger partial charge in [-0.1, -0.05) is 6.07 Å². The molecule has 0 unspecified atom stereocenters. The molecule has 1 atom stereocenters. The zero-order valence-electron chi connectivity index (χ0n) is 11.7. The number of hydrogen-bond donors (Lipinski definition) is 1. The van der Waals surface area contributed by atoms with Crippen molar-refractivity contribution in [1.29, 1.82) is 0 Å². The molecule has 2 rings (SSSR count). The minimum atomic E-state index is -3.32. The predicted octanol–water partition coefficient (Wildman–Crippen LogP) is 1.31. The lowest BCUT2D eigenvalue weighted by Gasteiger charge is -2.12. The molecule has 1 fully saturated rings. The van der Waals surface area contributed by atoms with Gasteiger partial charge in [0.05, 0.1) is 11.0 Å². The van der Waals surface area contributed by atoms with Gasteiger partial charge in [-0.15, -0.1) is 0 Å². The molecule has 0 aliphatic carbocycles. The van der Waals surface area contributed by atoms with Crippen LogP contribution in [-0.4, -0.2) is 39.8 Å². The van der Waals surface area contributed by atoms with E-state index in [2.05, 4.69) is 5.32 Å². The van der Waals surface area contributed by atoms with Gasteiger partial charge < -0.3 is 10.1 Å². The molecule has 0 bridgehead atoms. The Morgan fingerprint density at radius 1 is 1.45 bits per heavy atom. The third-order valence-electron chi connectivity index (χ3n) is 3.36. The maximum atomic E-state index is 12.0. The summed E-state index contributed by atoms with van der Waals surface area (Å²) in [6, 6.07) is 4.71. The minimum absolute atomic E-state index is 0.0683. The fourth-order valence-electron chi connectivity index (χ4n) is 2.25. The molecule has 1 aromatic rings. The summed E-state index contributed by atoms with van der Waals surface area (Å²) in [6.07, 6.45) is 3.17. The molecule has 110 valence electrons. The Bertz CT molecular complexity index is 604. The number of carbonyl (C=O) groups excluding carboxylic acids is 1. The zero-order valence-corrected chi connectivity index (χ0v) is 12.5. The van der Waals surface area contributed by atoms with Gasteiger partial charge in [-0.05, 0) is 37.5 Å². The van der Waals surface area contributed by atoms with Gasteiger partial charge in [-0.25, -0.2) is 8.42 Å². The van der Waals surface area contributed by atoms with E-state index in [0.29, 0.717) is 17.7 Å². The van der Waals surface area contributed by atoms with E-state index >= 15 is 0 Å². The lowest BCUT2D eigenvalue weighted by Crippen LogP contribution is -2.31. The summed E-state index contributed by atoms with van der Waals surface area (Å²) in [4.78, 5) is 12.2. The topological polar surface area (TPSA) is 72.5 Å². The summed E-state index contributed by atoms with van der Waals surface area (Å²) in [5.74, 6) is -0.273. The minimum Gasteiger partial charge on any atom is -0.376 e. The van der Waals surface area contributed by atoms with E-state index in [1.807, 2.05) is 0 Å². The highest BCUT2D eigenvalue weighted by Gasteiger charge is 2.18. The second-order valence-electron chi connectivity index (χ2n) is 5.10. The Balaban J connectivity index is 2.10. The van der Waals surface area contributed by atoms with Crippen LogP contribution < -0.4 is 5.32 Å². The predicted molar refractivity (Wildman–Crippen MR) is 75.6 cm³/mol. The van der Waals surface area contributed by atoms with Gasteiger partial charge in [0.25, 0.3) is 5.91 Å². The zero-order chi connectivity index (χ0) is 14.8. The molecular formula is C14H19NO4S. The van der Waals surface area contributed by atoms with Gasteiger partial charge in [0.15, 0.2) is 9.84 Å². The highest BCUT2D eigenvalue weighted by Crippen LogP contribution is 2.17. The molecule has 1 N–H and O–H groups in total. The SMILES string of the molecule is Cc1ccc(C(=O)NC[C@@H]2CCCO2)cc1S(C)(=O)=O. The van der Waals surface area contributed by atoms with Gasteiger partial charge in [0.1, 0.15) is 0 Å². The van der Waals surface area contributed by atoms with E-state index in [1.54, 1.807) is 19.1 Å². The van der Waals surface area contributed by atoms with Crippen molar-refractivity contribution in [2.45, 2.75) is 30.8 Å². The fourth-order valence-corrected chi connectivity index (χ4v) is 3.25. The van der Waals surface area contributed by atoms with Gasteiger partial charge in [-0.3, -0.25) is 4.79 Å². The van der Waals surface area contributed by atoms with E-state index in [9.17, 15) is 13.2 Å². The average Bonchev–Trinajstić information content (AvgIpc) is 2.88. The summed E-state index contributed by atoms with van der Waals surface area (Å²) in [5.41, 5.74) is 0.997. The first-order valence-corrected chi connectivity index (χ1v) is 8.47. The normalized spacial score (nSPS) is 19.0. The summed E-state index contributed by atoms with van der Waals surface area (Å²) in [7, 11) is -3.32. The van der Waals surface area contributed by atoms with Crippen molar-refractivity contribution >= 4 is 15.7 Å². The van der Waals surface area contributed by atoms with Gasteiger partial charge in [-0.2, -0.15) is 0 Å². The van der Waals surface area contributed by atoms with Crippen LogP contribution in [0.5, 0.6) is 0 Å². The fraction of sp³-hybridized carbons (Fsp3) is 0.500. The molecule has 5 nitrogen and oxygen atoms in total. The molecule has 1 saturated heterocycles. The third-order valence-corrected chi connectivity index (χ3v) is 4.60. The maximum Gasteiger partial charge on any atom is 0.251 e. The van der Waals surface area contributed by atoms with Gasteiger partial charge >= 0.3 is 0 Å². The first-order chi connectivity index (χ1) is 9.38. The monoisotopic (exact) mass is 297 g/mol. The Hall–Kier alpha value is -1.40. The molecule has 1 aromatic carbocycles. The van der Waals surface area contributed by atoms with Crippen molar-refractivity contribution in [2.75, 3.05) is 19.4 Å². The maximum absolute atomic E-state index is 12.0. The van der Waals surface area contributed by atoms with Crippen molar-refractivity contribution in [3.8, 4) is 0 Å². The number of amides is 1. The third kappa shape index (κ3) is 3.58. The van der Waals surface area contributed by atoms with Crippen LogP contribution in [-0.2, 0) is 14.6 Å². The summed E-state index contributed by atoms with van der Waals surface area (Å²) in [6.45, 7) is 2.91. The van der Waals surface area contributed by atoms with E-state index in [4.69, 9.17) is 4.74 Å². The first kappa shape index (κ1) is 15.0. The van der Waals surface area contributed by atoms with Gasteiger partial charge in [0, 0.05) is 25.0 Å². The van der Waals surface area contributed by atoms with Crippen molar-refractivity contribution in [2.24, 2.45) is 0 Å². The average molecular weight is 297 g/mol. The lowest BCUT2D eigenvalue weighted by molar-refractivity contribution is 0.0857. The number of sulfone groups is 1. The number of hydrogen-bond acceptors (Lipinski definition) is 4. The largest absolute Gasteiger partial charge is 0.376 e. The number of aryl methyl sites for hydroxylation is 1. The smallest absolute Gasteiger partial charge is 0.251 e. The van der Waals surface area contributed by atoms with Crippen molar-refractivity contribution in [3.63, 3.8) is 0 Å². The molecule has 0 aromatic heterocycles. The van der Waals surface area contributed by atoms with Crippen molar-refractivity contribution in [3.05, 3.63) is 29.3 Å². The van der Waals surface area contributed by atoms with Crippen LogP contribution in [0.3, 0.4) is 0 Å². The first-order valence-electron chi connectivity index (χ1n) is 6.58. The number of nitrogens with one attached hydrogen (secondary N) is 1. The van der Waals surface area contributed by atoms with E-state index < -0.39 is 9.84 Å². The van der Waals surface area contributed by atoms with E-state index in [0.717, 1.165) is 25.7 Å². The Kier molecular flexibility index (Phi) is 4.45. The van der Waals surface area contributed by atoms with Crippen LogP contribution in [0, 0.1) is 6.92 Å². The quantitative estimate of drug-likeness (QED) is 0.909. The van der Waals surface area contributed by atoms with Crippen LogP contribution in [0.15, 0.2) is 23.1 Å². The molecular weight excluding hydrogens is 278 g/mol. The van der Waals surface area contributed by atoms with E-state index in [1.165, 1.54) is 6.07 Å². The number of rotatable bonds is 4. The van der Waals surface area contributed by atoms with Crippen molar-refractivity contribution in [1.82, 2.24) is 5.32 Å². The van der Waals surface area contributed by atoms with Crippen molar-refractivity contribution < 1.29 is 17.9 Å². The van der Waals surface area contributed by atoms with Crippen LogP contribution in [0.4, 0.5) is 0 Å². The molecule has 20 heavy (non-hydrogen) atoms. The Labute approximate surface area is 119 Å². The van der Waals surface area contributed by atoms with Gasteiger partial charge in [0.2, 0.25) is 0 Å². The Morgan fingerprint density at radius 3 is 2.80 bits per heavy atom. The molecule has 1 aliphatic rings. The van der Waals surface area contributed by atoms with Crippen LogP contribution in [0.2, 0.25) is 0 Å². The van der Waals surface area contributed by atoms with E-state index in [-0.39, 0.29) is 16.9 Å². The number of benzene rings is 1. The number of carbonyl (C=O) groups is 1. The molecule has 6 heteroatoms. The lowest BCUT2D eigenvalue weighted by atomic mass is 10.1. The van der Waals surface area contributed by atoms with Crippen LogP contribution in [0.25, 0.3) is 0 Å². The summed E-state index contributed by atoms with van der Waals surface area (Å²) >= 11 is 0. The second-order valence-corrected chi connectivity index (χ2v) is 7.08. The molecule has 0 saturated carbocycles. The number of ether oxygens (including phenoxy) is 1. The molecule has 1 aliphatic heterocycles. The molecule has 1 heterocycles. The molecule has 0 spiro atoms. The summed E-state index contributed by atoms with van der Waals surface area (Å²) < 4.78 is 28.7. The molecule has 0 radical (unpaired) electrons. The standard InChI is InChI=1S/C14H19NO4S/c1-10-5-6-11(8-13(10)20(2,17)18)14(16)15-9-12-4-3-7-19-12/h5-6,8,12H,3-4,7,9H2,1-2H3,(H,15,16)/t12-/m0/s1. The van der Waals surface area contributed by atoms with Crippen LogP contribution in [0.1, 0.15) is 28.8 Å². The second kappa shape index (κ2) is 5.93. The van der Waals surface area contributed by atoms with Crippen LogP contribution >= 0.6 is 0 Å². The molecule has 1 amide bonds. The highest BCUT2D eigenvalue weighted by molar-refractivity contribution is 7.90. The highest BCUT2D eigenvalue weighted by atomic mass is 32.2. The summed E-state index contributed by atoms with van der Waals surface area (Å²) in [5, 5.41) is 2.78.